The quantitative estimate of drug-likeness (QED) is 0.766. The van der Waals surface area contributed by atoms with E-state index in [2.05, 4.69) is 22.0 Å². The summed E-state index contributed by atoms with van der Waals surface area (Å²) in [6.07, 6.45) is 3.76. The number of amides is 1. The van der Waals surface area contributed by atoms with Crippen LogP contribution in [0.1, 0.15) is 35.2 Å². The molecule has 1 saturated heterocycles. The Bertz CT molecular complexity index is 529. The van der Waals surface area contributed by atoms with Crippen LogP contribution in [-0.2, 0) is 11.3 Å². The topological polar surface area (TPSA) is 62.4 Å². The molecular formula is C18H27N3O2. The zero-order chi connectivity index (χ0) is 16.1. The molecular weight excluding hydrogens is 290 g/mol. The molecule has 0 aromatic heterocycles. The Morgan fingerprint density at radius 2 is 2.30 bits per heavy atom. The number of ether oxygens (including phenoxy) is 1. The average Bonchev–Trinajstić information content (AvgIpc) is 3.09. The van der Waals surface area contributed by atoms with E-state index in [-0.39, 0.29) is 5.91 Å². The molecule has 0 spiro atoms. The molecule has 2 aliphatic rings. The summed E-state index contributed by atoms with van der Waals surface area (Å²) < 4.78 is 5.63. The van der Waals surface area contributed by atoms with E-state index < -0.39 is 0 Å². The molecule has 2 fully saturated rings. The van der Waals surface area contributed by atoms with Crippen molar-refractivity contribution >= 4 is 5.91 Å². The standard InChI is InChI=1S/C18H27N3O2/c1-19-18(22)14-5-2-4-13(10-14)11-21-16-7-3-6-15(16)17-12-23-9-8-20-17/h2,4-5,10,15-17,20-21H,3,6-9,11-12H2,1H3,(H,19,22). The number of hydrogen-bond acceptors (Lipinski definition) is 4. The Morgan fingerprint density at radius 1 is 1.39 bits per heavy atom. The molecule has 5 heteroatoms. The summed E-state index contributed by atoms with van der Waals surface area (Å²) >= 11 is 0. The molecule has 1 aromatic rings. The molecule has 3 N–H and O–H groups in total. The number of morpholine rings is 1. The minimum atomic E-state index is -0.0332. The zero-order valence-electron chi connectivity index (χ0n) is 13.8. The minimum Gasteiger partial charge on any atom is -0.379 e. The van der Waals surface area contributed by atoms with Gasteiger partial charge in [-0.25, -0.2) is 0 Å². The fourth-order valence-electron chi connectivity index (χ4n) is 3.80. The maximum absolute atomic E-state index is 11.7. The lowest BCUT2D eigenvalue weighted by atomic mass is 9.94. The summed E-state index contributed by atoms with van der Waals surface area (Å²) in [5.41, 5.74) is 1.88. The molecule has 1 heterocycles. The Morgan fingerprint density at radius 3 is 3.09 bits per heavy atom. The molecule has 3 unspecified atom stereocenters. The fourth-order valence-corrected chi connectivity index (χ4v) is 3.80. The minimum absolute atomic E-state index is 0.0332. The summed E-state index contributed by atoms with van der Waals surface area (Å²) in [4.78, 5) is 11.7. The molecule has 1 saturated carbocycles. The van der Waals surface area contributed by atoms with Crippen LogP contribution in [0.5, 0.6) is 0 Å². The van der Waals surface area contributed by atoms with Gasteiger partial charge in [-0.1, -0.05) is 18.6 Å². The molecule has 126 valence electrons. The van der Waals surface area contributed by atoms with Gasteiger partial charge in [-0.2, -0.15) is 0 Å². The van der Waals surface area contributed by atoms with Crippen molar-refractivity contribution in [3.8, 4) is 0 Å². The SMILES string of the molecule is CNC(=O)c1cccc(CNC2CCCC2C2COCCN2)c1. The van der Waals surface area contributed by atoms with Gasteiger partial charge in [0, 0.05) is 37.8 Å². The smallest absolute Gasteiger partial charge is 0.251 e. The monoisotopic (exact) mass is 317 g/mol. The highest BCUT2D eigenvalue weighted by atomic mass is 16.5. The van der Waals surface area contributed by atoms with Gasteiger partial charge >= 0.3 is 0 Å². The van der Waals surface area contributed by atoms with Gasteiger partial charge in [0.25, 0.3) is 5.91 Å². The summed E-state index contributed by atoms with van der Waals surface area (Å²) in [7, 11) is 1.66. The Kier molecular flexibility index (Phi) is 5.65. The maximum atomic E-state index is 11.7. The normalized spacial score (nSPS) is 27.8. The second-order valence-electron chi connectivity index (χ2n) is 6.50. The van der Waals surface area contributed by atoms with E-state index in [4.69, 9.17) is 4.74 Å². The van der Waals surface area contributed by atoms with Crippen LogP contribution in [0.3, 0.4) is 0 Å². The molecule has 23 heavy (non-hydrogen) atoms. The number of rotatable bonds is 5. The second kappa shape index (κ2) is 7.90. The highest BCUT2D eigenvalue weighted by Gasteiger charge is 2.34. The van der Waals surface area contributed by atoms with Crippen molar-refractivity contribution in [2.45, 2.75) is 37.9 Å². The number of benzene rings is 1. The van der Waals surface area contributed by atoms with Crippen molar-refractivity contribution in [2.75, 3.05) is 26.8 Å². The molecule has 3 rings (SSSR count). The van der Waals surface area contributed by atoms with Gasteiger partial charge in [-0.15, -0.1) is 0 Å². The third kappa shape index (κ3) is 4.10. The summed E-state index contributed by atoms with van der Waals surface area (Å²) in [5, 5.41) is 9.98. The van der Waals surface area contributed by atoms with E-state index in [1.54, 1.807) is 7.05 Å². The third-order valence-corrected chi connectivity index (χ3v) is 5.02. The predicted octanol–water partition coefficient (Wildman–Crippen LogP) is 1.29. The van der Waals surface area contributed by atoms with Crippen molar-refractivity contribution in [3.63, 3.8) is 0 Å². The van der Waals surface area contributed by atoms with Crippen LogP contribution in [-0.4, -0.2) is 44.8 Å². The van der Waals surface area contributed by atoms with Crippen LogP contribution in [0.25, 0.3) is 0 Å². The highest BCUT2D eigenvalue weighted by molar-refractivity contribution is 5.94. The molecule has 1 aromatic carbocycles. The van der Waals surface area contributed by atoms with E-state index >= 15 is 0 Å². The molecule has 5 nitrogen and oxygen atoms in total. The van der Waals surface area contributed by atoms with Crippen molar-refractivity contribution < 1.29 is 9.53 Å². The second-order valence-corrected chi connectivity index (χ2v) is 6.50. The Hall–Kier alpha value is -1.43. The molecule has 3 atom stereocenters. The van der Waals surface area contributed by atoms with Gasteiger partial charge in [0.15, 0.2) is 0 Å². The summed E-state index contributed by atoms with van der Waals surface area (Å²) in [6.45, 7) is 3.42. The predicted molar refractivity (Wildman–Crippen MR) is 90.4 cm³/mol. The number of hydrogen-bond donors (Lipinski definition) is 3. The Labute approximate surface area is 138 Å². The first-order valence-electron chi connectivity index (χ1n) is 8.63. The first-order chi connectivity index (χ1) is 11.3. The van der Waals surface area contributed by atoms with Gasteiger partial charge < -0.3 is 20.7 Å². The lowest BCUT2D eigenvalue weighted by molar-refractivity contribution is 0.0524. The van der Waals surface area contributed by atoms with Crippen molar-refractivity contribution in [1.82, 2.24) is 16.0 Å². The average molecular weight is 317 g/mol. The summed E-state index contributed by atoms with van der Waals surface area (Å²) in [5.74, 6) is 0.603. The van der Waals surface area contributed by atoms with Crippen LogP contribution >= 0.6 is 0 Å². The van der Waals surface area contributed by atoms with E-state index in [1.165, 1.54) is 19.3 Å². The third-order valence-electron chi connectivity index (χ3n) is 5.02. The molecule has 1 aliphatic carbocycles. The van der Waals surface area contributed by atoms with Gasteiger partial charge in [-0.3, -0.25) is 4.79 Å². The molecule has 0 bridgehead atoms. The van der Waals surface area contributed by atoms with Crippen molar-refractivity contribution in [1.29, 1.82) is 0 Å². The molecule has 1 amide bonds. The largest absolute Gasteiger partial charge is 0.379 e. The fraction of sp³-hybridized carbons (Fsp3) is 0.611. The van der Waals surface area contributed by atoms with Gasteiger partial charge in [0.2, 0.25) is 0 Å². The molecule has 1 aliphatic heterocycles. The van der Waals surface area contributed by atoms with E-state index in [9.17, 15) is 4.79 Å². The van der Waals surface area contributed by atoms with Crippen LogP contribution in [0, 0.1) is 5.92 Å². The van der Waals surface area contributed by atoms with Crippen molar-refractivity contribution in [2.24, 2.45) is 5.92 Å². The van der Waals surface area contributed by atoms with Gasteiger partial charge in [0.05, 0.1) is 13.2 Å². The van der Waals surface area contributed by atoms with Crippen LogP contribution in [0.4, 0.5) is 0 Å². The summed E-state index contributed by atoms with van der Waals surface area (Å²) in [6, 6.07) is 8.84. The number of nitrogens with one attached hydrogen (secondary N) is 3. The van der Waals surface area contributed by atoms with Crippen molar-refractivity contribution in [3.05, 3.63) is 35.4 Å². The van der Waals surface area contributed by atoms with E-state index in [0.717, 1.165) is 37.4 Å². The first kappa shape index (κ1) is 16.4. The van der Waals surface area contributed by atoms with E-state index in [0.29, 0.717) is 18.0 Å². The van der Waals surface area contributed by atoms with Crippen LogP contribution in [0.2, 0.25) is 0 Å². The lowest BCUT2D eigenvalue weighted by Crippen LogP contribution is -2.50. The first-order valence-corrected chi connectivity index (χ1v) is 8.63. The maximum Gasteiger partial charge on any atom is 0.251 e. The highest BCUT2D eigenvalue weighted by Crippen LogP contribution is 2.29. The van der Waals surface area contributed by atoms with E-state index in [1.807, 2.05) is 18.2 Å². The Balaban J connectivity index is 1.57. The zero-order valence-corrected chi connectivity index (χ0v) is 13.8. The lowest BCUT2D eigenvalue weighted by Gasteiger charge is -2.33. The van der Waals surface area contributed by atoms with Gasteiger partial charge in [0.1, 0.15) is 0 Å². The molecule has 0 radical (unpaired) electrons. The number of carbonyl (C=O) groups excluding carboxylic acids is 1. The van der Waals surface area contributed by atoms with Gasteiger partial charge in [-0.05, 0) is 36.5 Å². The van der Waals surface area contributed by atoms with Crippen LogP contribution < -0.4 is 16.0 Å². The van der Waals surface area contributed by atoms with Crippen LogP contribution in [0.15, 0.2) is 24.3 Å². The number of carbonyl (C=O) groups is 1.